The minimum Gasteiger partial charge on any atom is -0.208 e. The van der Waals surface area contributed by atoms with Gasteiger partial charge in [0.25, 0.3) is 0 Å². The first kappa shape index (κ1) is 38.6. The number of rotatable bonds is 7. The van der Waals surface area contributed by atoms with Crippen LogP contribution in [0.5, 0.6) is 0 Å². The van der Waals surface area contributed by atoms with Crippen LogP contribution in [-0.4, -0.2) is 15.0 Å². The van der Waals surface area contributed by atoms with E-state index in [9.17, 15) is 0 Å². The van der Waals surface area contributed by atoms with E-state index in [2.05, 4.69) is 249 Å². The van der Waals surface area contributed by atoms with Gasteiger partial charge in [-0.2, -0.15) is 0 Å². The fourth-order valence-corrected chi connectivity index (χ4v) is 10.8. The lowest BCUT2D eigenvalue weighted by Crippen LogP contribution is -2.28. The Morgan fingerprint density at radius 3 is 1.51 bits per heavy atom. The summed E-state index contributed by atoms with van der Waals surface area (Å²) in [5.74, 6) is 1.86. The smallest absolute Gasteiger partial charge is 0.164 e. The van der Waals surface area contributed by atoms with Crippen LogP contribution in [0.15, 0.2) is 249 Å². The zero-order chi connectivity index (χ0) is 44.3. The van der Waals surface area contributed by atoms with Crippen LogP contribution in [0.2, 0.25) is 0 Å². The van der Waals surface area contributed by atoms with Gasteiger partial charge in [-0.25, -0.2) is 15.0 Å². The predicted octanol–water partition coefficient (Wildman–Crippen LogP) is 16.0. The molecule has 3 nitrogen and oxygen atoms in total. The van der Waals surface area contributed by atoms with Gasteiger partial charge in [0, 0.05) is 16.7 Å². The van der Waals surface area contributed by atoms with Crippen molar-refractivity contribution in [1.29, 1.82) is 0 Å². The summed E-state index contributed by atoms with van der Waals surface area (Å²) >= 11 is 0. The van der Waals surface area contributed by atoms with Gasteiger partial charge in [-0.1, -0.05) is 237 Å². The Morgan fingerprint density at radius 2 is 0.776 bits per heavy atom. The molecule has 0 fully saturated rings. The zero-order valence-electron chi connectivity index (χ0n) is 36.5. The van der Waals surface area contributed by atoms with Crippen molar-refractivity contribution in [3.05, 3.63) is 271 Å². The summed E-state index contributed by atoms with van der Waals surface area (Å²) in [4.78, 5) is 16.1. The number of benzene rings is 11. The highest BCUT2D eigenvalue weighted by Crippen LogP contribution is 2.56. The largest absolute Gasteiger partial charge is 0.208 e. The molecular formula is C64H41N3. The van der Waals surface area contributed by atoms with Crippen molar-refractivity contribution in [2.24, 2.45) is 0 Å². The maximum atomic E-state index is 5.39. The number of aromatic nitrogens is 3. The van der Waals surface area contributed by atoms with Gasteiger partial charge in [0.1, 0.15) is 0 Å². The van der Waals surface area contributed by atoms with Crippen molar-refractivity contribution in [2.75, 3.05) is 0 Å². The maximum Gasteiger partial charge on any atom is 0.164 e. The number of hydrogen-bond donors (Lipinski definition) is 0. The number of fused-ring (bicyclic) bond motifs is 7. The Labute approximate surface area is 389 Å². The van der Waals surface area contributed by atoms with Crippen molar-refractivity contribution in [2.45, 2.75) is 5.41 Å². The highest BCUT2D eigenvalue weighted by Gasteiger charge is 2.46. The highest BCUT2D eigenvalue weighted by molar-refractivity contribution is 6.20. The zero-order valence-corrected chi connectivity index (χ0v) is 36.5. The fraction of sp³-hybridized carbons (Fsp3) is 0.0156. The summed E-state index contributed by atoms with van der Waals surface area (Å²) in [5.41, 5.74) is 14.1. The molecule has 0 N–H and O–H groups in total. The van der Waals surface area contributed by atoms with Crippen molar-refractivity contribution >= 4 is 32.3 Å². The molecule has 0 unspecified atom stereocenters. The molecular weight excluding hydrogens is 811 g/mol. The van der Waals surface area contributed by atoms with E-state index < -0.39 is 5.41 Å². The lowest BCUT2D eigenvalue weighted by molar-refractivity contribution is 0.768. The standard InChI is InChI=1S/C64H41N3/c1-4-18-42(19-5-1)50-26-14-15-30-56(50)63-66-61(45-34-32-44(33-35-45)60-52-28-13-11-21-46(52)40-57-51-27-12-10-20-43(51)36-39-55(57)60)65-62(67-63)47-37-38-54-53-29-16-17-31-58(53)64(59(54)41-47,48-22-6-2-7-23-48)49-24-8-3-9-25-49/h1-41H. The predicted molar refractivity (Wildman–Crippen MR) is 277 cm³/mol. The first-order valence-electron chi connectivity index (χ1n) is 22.9. The molecule has 312 valence electrons. The summed E-state index contributed by atoms with van der Waals surface area (Å²) in [5, 5.41) is 7.41. The third-order valence-electron chi connectivity index (χ3n) is 13.8. The van der Waals surface area contributed by atoms with Gasteiger partial charge < -0.3 is 0 Å². The summed E-state index contributed by atoms with van der Waals surface area (Å²) in [6.45, 7) is 0. The quantitative estimate of drug-likeness (QED) is 0.118. The van der Waals surface area contributed by atoms with Crippen LogP contribution in [0, 0.1) is 0 Å². The second-order valence-electron chi connectivity index (χ2n) is 17.4. The number of hydrogen-bond acceptors (Lipinski definition) is 3. The summed E-state index contributed by atoms with van der Waals surface area (Å²) in [7, 11) is 0. The Kier molecular flexibility index (Phi) is 9.07. The van der Waals surface area contributed by atoms with Crippen LogP contribution in [0.3, 0.4) is 0 Å². The molecule has 0 saturated heterocycles. The van der Waals surface area contributed by atoms with E-state index in [4.69, 9.17) is 15.0 Å². The molecule has 0 bridgehead atoms. The van der Waals surface area contributed by atoms with Crippen LogP contribution in [0.4, 0.5) is 0 Å². The Bertz CT molecular complexity index is 3800. The topological polar surface area (TPSA) is 38.7 Å². The first-order valence-corrected chi connectivity index (χ1v) is 22.9. The molecule has 13 rings (SSSR count). The van der Waals surface area contributed by atoms with E-state index in [-0.39, 0.29) is 0 Å². The number of nitrogens with zero attached hydrogens (tertiary/aromatic N) is 3. The van der Waals surface area contributed by atoms with Gasteiger partial charge in [-0.3, -0.25) is 0 Å². The Hall–Kier alpha value is -8.79. The van der Waals surface area contributed by atoms with E-state index in [1.807, 2.05) is 0 Å². The van der Waals surface area contributed by atoms with E-state index in [0.29, 0.717) is 17.5 Å². The van der Waals surface area contributed by atoms with E-state index in [0.717, 1.165) is 33.4 Å². The molecule has 11 aromatic carbocycles. The van der Waals surface area contributed by atoms with Gasteiger partial charge in [0.15, 0.2) is 17.5 Å². The van der Waals surface area contributed by atoms with Crippen molar-refractivity contribution in [3.8, 4) is 67.5 Å². The monoisotopic (exact) mass is 851 g/mol. The fourth-order valence-electron chi connectivity index (χ4n) is 10.8. The molecule has 1 aliphatic rings. The molecule has 1 aliphatic carbocycles. The van der Waals surface area contributed by atoms with Gasteiger partial charge >= 0.3 is 0 Å². The van der Waals surface area contributed by atoms with Gasteiger partial charge in [0.2, 0.25) is 0 Å². The molecule has 0 amide bonds. The minimum atomic E-state index is -0.559. The molecule has 0 aliphatic heterocycles. The van der Waals surface area contributed by atoms with Crippen LogP contribution in [0.25, 0.3) is 99.9 Å². The van der Waals surface area contributed by atoms with Gasteiger partial charge in [-0.15, -0.1) is 0 Å². The molecule has 0 radical (unpaired) electrons. The summed E-state index contributed by atoms with van der Waals surface area (Å²) in [6, 6.07) is 89.5. The second kappa shape index (κ2) is 15.7. The van der Waals surface area contributed by atoms with Crippen molar-refractivity contribution in [3.63, 3.8) is 0 Å². The normalized spacial score (nSPS) is 12.6. The minimum absolute atomic E-state index is 0.559. The SMILES string of the molecule is c1ccc(-c2ccccc2-c2nc(-c3ccc(-c4c5ccccc5cc5c4ccc4ccccc45)cc3)nc(-c3ccc4c(c3)C(c3ccccc3)(c3ccccc3)c3ccccc3-4)n2)cc1. The van der Waals surface area contributed by atoms with E-state index in [1.54, 1.807) is 0 Å². The molecule has 0 saturated carbocycles. The molecule has 12 aromatic rings. The van der Waals surface area contributed by atoms with Gasteiger partial charge in [-0.05, 0) is 100 Å². The second-order valence-corrected chi connectivity index (χ2v) is 17.4. The summed E-state index contributed by atoms with van der Waals surface area (Å²) < 4.78 is 0. The third kappa shape index (κ3) is 6.24. The van der Waals surface area contributed by atoms with Crippen LogP contribution in [-0.2, 0) is 5.41 Å². The molecule has 3 heteroatoms. The third-order valence-corrected chi connectivity index (χ3v) is 13.8. The van der Waals surface area contributed by atoms with Gasteiger partial charge in [0.05, 0.1) is 5.41 Å². The molecule has 0 spiro atoms. The van der Waals surface area contributed by atoms with Crippen LogP contribution < -0.4 is 0 Å². The maximum absolute atomic E-state index is 5.39. The lowest BCUT2D eigenvalue weighted by Gasteiger charge is -2.34. The highest BCUT2D eigenvalue weighted by atomic mass is 15.0. The Morgan fingerprint density at radius 1 is 0.254 bits per heavy atom. The molecule has 67 heavy (non-hydrogen) atoms. The summed E-state index contributed by atoms with van der Waals surface area (Å²) in [6.07, 6.45) is 0. The van der Waals surface area contributed by atoms with Crippen LogP contribution >= 0.6 is 0 Å². The average Bonchev–Trinajstić information content (AvgIpc) is 3.71. The van der Waals surface area contributed by atoms with Crippen molar-refractivity contribution in [1.82, 2.24) is 15.0 Å². The van der Waals surface area contributed by atoms with Crippen LogP contribution in [0.1, 0.15) is 22.3 Å². The van der Waals surface area contributed by atoms with E-state index in [1.165, 1.54) is 71.3 Å². The van der Waals surface area contributed by atoms with Crippen molar-refractivity contribution < 1.29 is 0 Å². The Balaban J connectivity index is 1.02. The molecule has 1 aromatic heterocycles. The van der Waals surface area contributed by atoms with E-state index >= 15 is 0 Å². The average molecular weight is 852 g/mol. The lowest BCUT2D eigenvalue weighted by atomic mass is 9.67. The molecule has 0 atom stereocenters. The first-order chi connectivity index (χ1) is 33.2. The molecule has 1 heterocycles.